The molecule has 1 saturated heterocycles. The lowest BCUT2D eigenvalue weighted by Crippen LogP contribution is -2.39. The lowest BCUT2D eigenvalue weighted by atomic mass is 10.0. The molecule has 0 saturated carbocycles. The van der Waals surface area contributed by atoms with Gasteiger partial charge < -0.3 is 5.32 Å². The summed E-state index contributed by atoms with van der Waals surface area (Å²) in [5.41, 5.74) is 2.52. The fraction of sp³-hybridized carbons (Fsp3) is 0.296. The first-order chi connectivity index (χ1) is 17.5. The van der Waals surface area contributed by atoms with Crippen molar-refractivity contribution in [2.24, 2.45) is 0 Å². The molecule has 0 spiro atoms. The van der Waals surface area contributed by atoms with Crippen LogP contribution in [0.15, 0.2) is 84.0 Å². The molecule has 2 aromatic carbocycles. The van der Waals surface area contributed by atoms with Gasteiger partial charge in [-0.25, -0.2) is 8.42 Å². The van der Waals surface area contributed by atoms with Gasteiger partial charge in [-0.3, -0.25) is 14.7 Å². The molecule has 4 rings (SSSR count). The van der Waals surface area contributed by atoms with E-state index in [2.05, 4.69) is 15.2 Å². The van der Waals surface area contributed by atoms with Gasteiger partial charge >= 0.3 is 0 Å². The number of sulfonamides is 1. The number of nitrogens with zero attached hydrogens (tertiary/aromatic N) is 4. The highest BCUT2D eigenvalue weighted by molar-refractivity contribution is 7.89. The van der Waals surface area contributed by atoms with Crippen LogP contribution in [0.4, 0.5) is 0 Å². The molecule has 1 N–H and O–H groups in total. The number of aromatic nitrogens is 1. The number of carbonyl (C=O) groups is 1. The van der Waals surface area contributed by atoms with Gasteiger partial charge in [0.05, 0.1) is 16.5 Å². The fourth-order valence-corrected chi connectivity index (χ4v) is 5.90. The van der Waals surface area contributed by atoms with Gasteiger partial charge in [0.15, 0.2) is 0 Å². The van der Waals surface area contributed by atoms with Crippen molar-refractivity contribution in [2.45, 2.75) is 30.3 Å². The zero-order valence-corrected chi connectivity index (χ0v) is 20.8. The van der Waals surface area contributed by atoms with Crippen LogP contribution in [0.3, 0.4) is 0 Å². The molecule has 2 heterocycles. The molecule has 186 valence electrons. The summed E-state index contributed by atoms with van der Waals surface area (Å²) < 4.78 is 28.2. The van der Waals surface area contributed by atoms with E-state index in [4.69, 9.17) is 5.26 Å². The highest BCUT2D eigenvalue weighted by Gasteiger charge is 2.28. The number of hydrogen-bond acceptors (Lipinski definition) is 6. The second kappa shape index (κ2) is 11.9. The Morgan fingerprint density at radius 2 is 1.69 bits per heavy atom. The van der Waals surface area contributed by atoms with Gasteiger partial charge in [0.1, 0.15) is 0 Å². The van der Waals surface area contributed by atoms with Gasteiger partial charge in [0.25, 0.3) is 0 Å². The van der Waals surface area contributed by atoms with Crippen molar-refractivity contribution in [2.75, 3.05) is 26.2 Å². The summed E-state index contributed by atoms with van der Waals surface area (Å²) in [4.78, 5) is 19.4. The van der Waals surface area contributed by atoms with Crippen molar-refractivity contribution in [3.63, 3.8) is 0 Å². The summed E-state index contributed by atoms with van der Waals surface area (Å²) in [6.45, 7) is 1.92. The number of pyridine rings is 1. The van der Waals surface area contributed by atoms with E-state index < -0.39 is 10.0 Å². The first-order valence-corrected chi connectivity index (χ1v) is 13.4. The van der Waals surface area contributed by atoms with Crippen LogP contribution in [0, 0.1) is 11.3 Å². The maximum Gasteiger partial charge on any atom is 0.243 e. The molecule has 0 aliphatic carbocycles. The summed E-state index contributed by atoms with van der Waals surface area (Å²) in [7, 11) is -3.78. The Morgan fingerprint density at radius 1 is 0.972 bits per heavy atom. The van der Waals surface area contributed by atoms with Crippen LogP contribution >= 0.6 is 0 Å². The second-order valence-electron chi connectivity index (χ2n) is 8.70. The van der Waals surface area contributed by atoms with Crippen LogP contribution in [-0.2, 0) is 21.4 Å². The van der Waals surface area contributed by atoms with Crippen molar-refractivity contribution in [3.05, 3.63) is 95.8 Å². The predicted molar refractivity (Wildman–Crippen MR) is 136 cm³/mol. The van der Waals surface area contributed by atoms with E-state index in [-0.39, 0.29) is 36.4 Å². The largest absolute Gasteiger partial charge is 0.355 e. The van der Waals surface area contributed by atoms with Crippen molar-refractivity contribution < 1.29 is 13.2 Å². The number of hydrogen-bond donors (Lipinski definition) is 1. The third-order valence-corrected chi connectivity index (χ3v) is 8.21. The van der Waals surface area contributed by atoms with E-state index in [0.717, 1.165) is 11.1 Å². The second-order valence-corrected chi connectivity index (χ2v) is 10.6. The standard InChI is InChI=1S/C27H29N5O3S/c28-20-22-7-9-25(10-8-22)36(34,35)32-17-4-16-31(21-23-11-13-29-14-12-23)26(19-27(33)30-15-18-32)24-5-2-1-3-6-24/h1-3,5-14,26H,4,15-19,21H2,(H,30,33). The molecule has 9 heteroatoms. The zero-order chi connectivity index (χ0) is 25.4. The molecule has 1 atom stereocenters. The van der Waals surface area contributed by atoms with E-state index in [9.17, 15) is 13.2 Å². The first kappa shape index (κ1) is 25.5. The molecular formula is C27H29N5O3S. The number of benzene rings is 2. The molecule has 1 aromatic heterocycles. The van der Waals surface area contributed by atoms with Crippen LogP contribution in [0.5, 0.6) is 0 Å². The van der Waals surface area contributed by atoms with Gasteiger partial charge in [-0.15, -0.1) is 0 Å². The monoisotopic (exact) mass is 503 g/mol. The van der Waals surface area contributed by atoms with E-state index in [1.165, 1.54) is 28.6 Å². The lowest BCUT2D eigenvalue weighted by Gasteiger charge is -2.32. The summed E-state index contributed by atoms with van der Waals surface area (Å²) in [6.07, 6.45) is 4.37. The first-order valence-electron chi connectivity index (χ1n) is 11.9. The third-order valence-electron chi connectivity index (χ3n) is 6.30. The average molecular weight is 504 g/mol. The van der Waals surface area contributed by atoms with Crippen LogP contribution in [0.2, 0.25) is 0 Å². The van der Waals surface area contributed by atoms with Crippen LogP contribution < -0.4 is 5.32 Å². The third kappa shape index (κ3) is 6.34. The van der Waals surface area contributed by atoms with E-state index in [1.807, 2.05) is 48.5 Å². The highest BCUT2D eigenvalue weighted by atomic mass is 32.2. The number of nitrogens with one attached hydrogen (secondary N) is 1. The van der Waals surface area contributed by atoms with Crippen molar-refractivity contribution in [3.8, 4) is 6.07 Å². The minimum Gasteiger partial charge on any atom is -0.355 e. The molecule has 1 aliphatic heterocycles. The van der Waals surface area contributed by atoms with Gasteiger partial charge in [-0.05, 0) is 53.9 Å². The molecule has 8 nitrogen and oxygen atoms in total. The summed E-state index contributed by atoms with van der Waals surface area (Å²) in [5.74, 6) is -0.124. The van der Waals surface area contributed by atoms with E-state index in [0.29, 0.717) is 31.6 Å². The maximum absolute atomic E-state index is 13.4. The Balaban J connectivity index is 1.60. The van der Waals surface area contributed by atoms with Crippen LogP contribution in [0.1, 0.15) is 35.6 Å². The predicted octanol–water partition coefficient (Wildman–Crippen LogP) is 3.10. The lowest BCUT2D eigenvalue weighted by molar-refractivity contribution is -0.122. The van der Waals surface area contributed by atoms with Crippen LogP contribution in [-0.4, -0.2) is 54.7 Å². The molecule has 3 aromatic rings. The van der Waals surface area contributed by atoms with Gasteiger partial charge in [-0.2, -0.15) is 9.57 Å². The SMILES string of the molecule is N#Cc1ccc(S(=O)(=O)N2CCCN(Cc3ccncc3)C(c3ccccc3)CC(=O)NCC2)cc1. The Morgan fingerprint density at radius 3 is 2.39 bits per heavy atom. The normalized spacial score (nSPS) is 18.5. The number of nitriles is 1. The van der Waals surface area contributed by atoms with Crippen molar-refractivity contribution >= 4 is 15.9 Å². The zero-order valence-electron chi connectivity index (χ0n) is 20.0. The molecule has 1 amide bonds. The quantitative estimate of drug-likeness (QED) is 0.574. The summed E-state index contributed by atoms with van der Waals surface area (Å²) >= 11 is 0. The number of carbonyl (C=O) groups excluding carboxylic acids is 1. The molecule has 1 unspecified atom stereocenters. The Bertz CT molecular complexity index is 1290. The molecule has 0 radical (unpaired) electrons. The highest BCUT2D eigenvalue weighted by Crippen LogP contribution is 2.27. The maximum atomic E-state index is 13.4. The Kier molecular flexibility index (Phi) is 8.44. The Hall–Kier alpha value is -3.58. The van der Waals surface area contributed by atoms with Gasteiger partial charge in [0, 0.05) is 57.6 Å². The average Bonchev–Trinajstić information content (AvgIpc) is 2.94. The Labute approximate surface area is 212 Å². The molecule has 1 aliphatic rings. The molecular weight excluding hydrogens is 474 g/mol. The van der Waals surface area contributed by atoms with Crippen LogP contribution in [0.25, 0.3) is 0 Å². The molecule has 0 bridgehead atoms. The van der Waals surface area contributed by atoms with Crippen molar-refractivity contribution in [1.82, 2.24) is 19.5 Å². The van der Waals surface area contributed by atoms with Gasteiger partial charge in [0.2, 0.25) is 15.9 Å². The minimum atomic E-state index is -3.78. The van der Waals surface area contributed by atoms with E-state index >= 15 is 0 Å². The number of rotatable bonds is 5. The number of amides is 1. The summed E-state index contributed by atoms with van der Waals surface area (Å²) in [6, 6.07) is 21.6. The van der Waals surface area contributed by atoms with E-state index in [1.54, 1.807) is 12.4 Å². The fourth-order valence-electron chi connectivity index (χ4n) is 4.42. The topological polar surface area (TPSA) is 106 Å². The van der Waals surface area contributed by atoms with Crippen molar-refractivity contribution in [1.29, 1.82) is 5.26 Å². The molecule has 1 fully saturated rings. The molecule has 36 heavy (non-hydrogen) atoms. The van der Waals surface area contributed by atoms with Gasteiger partial charge in [-0.1, -0.05) is 30.3 Å². The summed E-state index contributed by atoms with van der Waals surface area (Å²) in [5, 5.41) is 11.9. The smallest absolute Gasteiger partial charge is 0.243 e. The minimum absolute atomic E-state index is 0.124.